The summed E-state index contributed by atoms with van der Waals surface area (Å²) >= 11 is 18.0. The molecule has 0 aromatic heterocycles. The van der Waals surface area contributed by atoms with Gasteiger partial charge in [0.2, 0.25) is 0 Å². The predicted molar refractivity (Wildman–Crippen MR) is 98.3 cm³/mol. The number of benzene rings is 2. The normalized spacial score (nSPS) is 10.5. The minimum absolute atomic E-state index is 0.0191. The number of aryl methyl sites for hydroxylation is 2. The van der Waals surface area contributed by atoms with Crippen molar-refractivity contribution in [1.82, 2.24) is 0 Å². The first-order valence-corrected chi connectivity index (χ1v) is 8.28. The number of carboxylic acid groups (broad SMARTS) is 1. The van der Waals surface area contributed by atoms with E-state index < -0.39 is 5.97 Å². The minimum Gasteiger partial charge on any atom is -0.492 e. The van der Waals surface area contributed by atoms with Crippen LogP contribution in [-0.2, 0) is 0 Å². The van der Waals surface area contributed by atoms with Gasteiger partial charge in [-0.25, -0.2) is 4.79 Å². The van der Waals surface area contributed by atoms with E-state index in [-0.39, 0.29) is 15.6 Å². The molecule has 0 fully saturated rings. The maximum Gasteiger partial charge on any atom is 0.337 e. The molecule has 0 heterocycles. The Morgan fingerprint density at radius 1 is 1.12 bits per heavy atom. The zero-order valence-electron chi connectivity index (χ0n) is 13.1. The molecule has 4 nitrogen and oxygen atoms in total. The van der Waals surface area contributed by atoms with Crippen LogP contribution >= 0.6 is 34.8 Å². The number of carbonyl (C=O) groups is 1. The summed E-state index contributed by atoms with van der Waals surface area (Å²) in [6.07, 6.45) is 0. The van der Waals surface area contributed by atoms with Gasteiger partial charge < -0.3 is 15.2 Å². The van der Waals surface area contributed by atoms with E-state index in [9.17, 15) is 9.90 Å². The van der Waals surface area contributed by atoms with Crippen LogP contribution in [0.2, 0.25) is 15.1 Å². The summed E-state index contributed by atoms with van der Waals surface area (Å²) in [5.74, 6) is -0.399. The van der Waals surface area contributed by atoms with E-state index in [2.05, 4.69) is 5.32 Å². The van der Waals surface area contributed by atoms with Gasteiger partial charge >= 0.3 is 5.97 Å². The van der Waals surface area contributed by atoms with Crippen molar-refractivity contribution in [2.24, 2.45) is 0 Å². The van der Waals surface area contributed by atoms with Crippen LogP contribution < -0.4 is 10.1 Å². The third-order valence-electron chi connectivity index (χ3n) is 3.37. The summed E-state index contributed by atoms with van der Waals surface area (Å²) in [6.45, 7) is 4.53. The molecule has 0 radical (unpaired) electrons. The molecular weight excluding hydrogens is 373 g/mol. The quantitative estimate of drug-likeness (QED) is 0.646. The Morgan fingerprint density at radius 3 is 2.33 bits per heavy atom. The fraction of sp³-hybridized carbons (Fsp3) is 0.235. The number of hydrogen-bond donors (Lipinski definition) is 2. The van der Waals surface area contributed by atoms with Crippen molar-refractivity contribution < 1.29 is 14.6 Å². The average Bonchev–Trinajstić information content (AvgIpc) is 2.50. The second kappa shape index (κ2) is 7.97. The summed E-state index contributed by atoms with van der Waals surface area (Å²) in [4.78, 5) is 11.3. The Balaban J connectivity index is 2.02. The van der Waals surface area contributed by atoms with Gasteiger partial charge in [0.1, 0.15) is 12.4 Å². The zero-order valence-corrected chi connectivity index (χ0v) is 15.4. The van der Waals surface area contributed by atoms with Crippen molar-refractivity contribution in [3.63, 3.8) is 0 Å². The number of anilines is 1. The lowest BCUT2D eigenvalue weighted by atomic mass is 10.1. The van der Waals surface area contributed by atoms with Crippen molar-refractivity contribution in [1.29, 1.82) is 0 Å². The Bertz CT molecular complexity index is 755. The standard InChI is InChI=1S/C17H16Cl3NO3/c1-9-5-12(6-10(2)15(9)20)24-4-3-21-16-13(17(22)23)7-11(18)8-14(16)19/h5-8,21H,3-4H2,1-2H3,(H,22,23). The van der Waals surface area contributed by atoms with Crippen LogP contribution in [0.4, 0.5) is 5.69 Å². The Morgan fingerprint density at radius 2 is 1.75 bits per heavy atom. The number of hydrogen-bond acceptors (Lipinski definition) is 3. The molecule has 2 rings (SSSR count). The molecular formula is C17H16Cl3NO3. The molecule has 7 heteroatoms. The van der Waals surface area contributed by atoms with E-state index in [1.54, 1.807) is 0 Å². The van der Waals surface area contributed by atoms with E-state index >= 15 is 0 Å². The molecule has 2 aromatic carbocycles. The SMILES string of the molecule is Cc1cc(OCCNc2c(Cl)cc(Cl)cc2C(=O)O)cc(C)c1Cl. The predicted octanol–water partition coefficient (Wildman–Crippen LogP) is 5.45. The lowest BCUT2D eigenvalue weighted by Crippen LogP contribution is -2.14. The number of carboxylic acids is 1. The van der Waals surface area contributed by atoms with Crippen LogP contribution in [0, 0.1) is 13.8 Å². The molecule has 0 aliphatic carbocycles. The number of ether oxygens (including phenoxy) is 1. The van der Waals surface area contributed by atoms with Gasteiger partial charge in [-0.05, 0) is 49.2 Å². The average molecular weight is 389 g/mol. The van der Waals surface area contributed by atoms with E-state index in [0.717, 1.165) is 16.1 Å². The van der Waals surface area contributed by atoms with Crippen LogP contribution in [0.5, 0.6) is 5.75 Å². The highest BCUT2D eigenvalue weighted by molar-refractivity contribution is 6.37. The first-order valence-electron chi connectivity index (χ1n) is 7.15. The van der Waals surface area contributed by atoms with Crippen LogP contribution in [0.3, 0.4) is 0 Å². The van der Waals surface area contributed by atoms with Gasteiger partial charge in [0.25, 0.3) is 0 Å². The van der Waals surface area contributed by atoms with Crippen molar-refractivity contribution in [3.8, 4) is 5.75 Å². The molecule has 0 spiro atoms. The van der Waals surface area contributed by atoms with Gasteiger partial charge in [-0.15, -0.1) is 0 Å². The van der Waals surface area contributed by atoms with Gasteiger partial charge in [0.15, 0.2) is 0 Å². The second-order valence-corrected chi connectivity index (χ2v) is 6.48. The smallest absolute Gasteiger partial charge is 0.337 e. The molecule has 2 aromatic rings. The molecule has 0 saturated heterocycles. The van der Waals surface area contributed by atoms with Gasteiger partial charge in [0, 0.05) is 16.6 Å². The van der Waals surface area contributed by atoms with E-state index in [1.807, 2.05) is 26.0 Å². The van der Waals surface area contributed by atoms with Gasteiger partial charge in [-0.3, -0.25) is 0 Å². The maximum atomic E-state index is 11.3. The molecule has 0 aliphatic heterocycles. The fourth-order valence-electron chi connectivity index (χ4n) is 2.26. The highest BCUT2D eigenvalue weighted by Gasteiger charge is 2.14. The summed E-state index contributed by atoms with van der Waals surface area (Å²) in [6, 6.07) is 6.55. The Kier molecular flexibility index (Phi) is 6.21. The second-order valence-electron chi connectivity index (χ2n) is 5.26. The fourth-order valence-corrected chi connectivity index (χ4v) is 2.93. The van der Waals surface area contributed by atoms with Crippen LogP contribution in [0.25, 0.3) is 0 Å². The molecule has 0 atom stereocenters. The van der Waals surface area contributed by atoms with Crippen LogP contribution in [0.15, 0.2) is 24.3 Å². The number of halogens is 3. The molecule has 2 N–H and O–H groups in total. The number of rotatable bonds is 6. The van der Waals surface area contributed by atoms with Gasteiger partial charge in [0.05, 0.1) is 16.3 Å². The van der Waals surface area contributed by atoms with E-state index in [0.29, 0.717) is 24.6 Å². The van der Waals surface area contributed by atoms with Gasteiger partial charge in [-0.2, -0.15) is 0 Å². The van der Waals surface area contributed by atoms with Crippen LogP contribution in [0.1, 0.15) is 21.5 Å². The summed E-state index contributed by atoms with van der Waals surface area (Å²) in [5.41, 5.74) is 2.22. The van der Waals surface area contributed by atoms with E-state index in [1.165, 1.54) is 12.1 Å². The highest BCUT2D eigenvalue weighted by Crippen LogP contribution is 2.30. The highest BCUT2D eigenvalue weighted by atomic mass is 35.5. The Hall–Kier alpha value is -1.62. The van der Waals surface area contributed by atoms with Crippen molar-refractivity contribution in [3.05, 3.63) is 56.0 Å². The van der Waals surface area contributed by atoms with Crippen molar-refractivity contribution >= 4 is 46.5 Å². The van der Waals surface area contributed by atoms with Crippen LogP contribution in [-0.4, -0.2) is 24.2 Å². The van der Waals surface area contributed by atoms with Gasteiger partial charge in [-0.1, -0.05) is 34.8 Å². The molecule has 0 unspecified atom stereocenters. The molecule has 0 saturated carbocycles. The monoisotopic (exact) mass is 387 g/mol. The third-order valence-corrected chi connectivity index (χ3v) is 4.48. The van der Waals surface area contributed by atoms with Crippen molar-refractivity contribution in [2.45, 2.75) is 13.8 Å². The molecule has 0 amide bonds. The first kappa shape index (κ1) is 18.7. The molecule has 0 aliphatic rings. The molecule has 24 heavy (non-hydrogen) atoms. The summed E-state index contributed by atoms with van der Waals surface area (Å²) in [7, 11) is 0. The first-order chi connectivity index (χ1) is 11.3. The zero-order chi connectivity index (χ0) is 17.9. The minimum atomic E-state index is -1.10. The van der Waals surface area contributed by atoms with Crippen molar-refractivity contribution in [2.75, 3.05) is 18.5 Å². The third kappa shape index (κ3) is 4.47. The summed E-state index contributed by atoms with van der Waals surface area (Å²) < 4.78 is 5.67. The number of nitrogens with one attached hydrogen (secondary N) is 1. The topological polar surface area (TPSA) is 58.6 Å². The summed E-state index contributed by atoms with van der Waals surface area (Å²) in [5, 5.41) is 13.5. The number of aromatic carboxylic acids is 1. The Labute approximate surface area is 155 Å². The maximum absolute atomic E-state index is 11.3. The lowest BCUT2D eigenvalue weighted by molar-refractivity contribution is 0.0698. The molecule has 128 valence electrons. The largest absolute Gasteiger partial charge is 0.492 e. The lowest BCUT2D eigenvalue weighted by Gasteiger charge is -2.14. The molecule has 0 bridgehead atoms. The van der Waals surface area contributed by atoms with E-state index in [4.69, 9.17) is 39.5 Å².